The first kappa shape index (κ1) is 69.7. The van der Waals surface area contributed by atoms with E-state index < -0.39 is 49.7 Å². The van der Waals surface area contributed by atoms with Crippen LogP contribution in [0, 0.1) is 85.4 Å². The number of nitrogens with one attached hydrogen (secondary N) is 7. The van der Waals surface area contributed by atoms with Crippen molar-refractivity contribution in [2.75, 3.05) is 27.8 Å². The number of halogens is 2. The largest absolute Gasteiger partial charge is 0.480 e. The van der Waals surface area contributed by atoms with Gasteiger partial charge in [0.25, 0.3) is 5.91 Å². The van der Waals surface area contributed by atoms with Crippen LogP contribution in [0.15, 0.2) is 120 Å². The predicted octanol–water partition coefficient (Wildman–Crippen LogP) is 14.0. The Bertz CT molecular complexity index is 4360. The zero-order valence-electron chi connectivity index (χ0n) is 47.9. The molecule has 1 amide bonds. The SMILES string of the molecule is [C-]#[N+]c1cc(C#N)c(NNS(=O)Oc2cc(NC(=O)C(CC)Oc3ccc(C)cc3C)ccc2Cl)cc1[N+]#[C-].[C-]#[N+]c1cc(Cl)c(NNS(=O)Oc2cccc(C)c2)cc1[N+]#[C-].[C-]#[N+]c1cc(NNS(=O)Oc2cc(C)ccc2C)c(S(C)(=O)=O)cc1[N+]#[C-]. The van der Waals surface area contributed by atoms with E-state index in [2.05, 4.69) is 65.2 Å². The van der Waals surface area contributed by atoms with Gasteiger partial charge in [-0.15, -0.1) is 14.5 Å². The summed E-state index contributed by atoms with van der Waals surface area (Å²) in [7, 11) is -3.70. The first-order chi connectivity index (χ1) is 42.4. The fraction of sp³-hybridized carbons (Fsp3) is 0.153. The summed E-state index contributed by atoms with van der Waals surface area (Å²) < 4.78 is 82.3. The standard InChI is InChI=1S/C27H23ClN6O4S.C17H16N4O4S2.C15H11ClN4O2S/c1-6-24(37-25-10-7-16(2)11-17(25)3)27(35)32-19-8-9-20(28)26(13-19)38-39(36)34-33-21-14-23(31-5)22(30-4)12-18(21)15-29;1-11-6-7-12(2)16(8-11)25-26(22)21-20-15-9-13(18-3)14(19-4)10-17(15)27(5,23)24;1-10-5-4-6-11(7-10)22-23(21)20-19-13-9-15(18-3)14(17-2)8-12(13)16/h7-14,24,33-34H,6H2,1-3H3,(H,32,35);6-10,20-21H,1-2,5H3;4-9,19-20H,1H3. The van der Waals surface area contributed by atoms with Gasteiger partial charge in [0.1, 0.15) is 17.2 Å². The number of benzene rings is 7. The Balaban J connectivity index is 0.000000253. The molecule has 30 heteroatoms. The van der Waals surface area contributed by atoms with Crippen LogP contribution in [0.25, 0.3) is 29.1 Å². The summed E-state index contributed by atoms with van der Waals surface area (Å²) in [5.74, 6) is 1.11. The van der Waals surface area contributed by atoms with Crippen LogP contribution in [0.3, 0.4) is 0 Å². The summed E-state index contributed by atoms with van der Waals surface area (Å²) in [6, 6.07) is 32.2. The molecule has 89 heavy (non-hydrogen) atoms. The highest BCUT2D eigenvalue weighted by molar-refractivity contribution is 7.91. The smallest absolute Gasteiger partial charge is 0.306 e. The minimum Gasteiger partial charge on any atom is -0.480 e. The van der Waals surface area contributed by atoms with E-state index in [0.29, 0.717) is 35.0 Å². The van der Waals surface area contributed by atoms with Gasteiger partial charge in [-0.05, 0) is 136 Å². The number of anilines is 4. The van der Waals surface area contributed by atoms with Gasteiger partial charge in [-0.25, -0.2) is 8.42 Å². The molecular weight excluding hydrogens is 1260 g/mol. The number of aryl methyl sites for hydroxylation is 5. The summed E-state index contributed by atoms with van der Waals surface area (Å²) in [4.78, 5) is 39.2. The molecule has 4 unspecified atom stereocenters. The molecule has 0 spiro atoms. The molecule has 4 atom stereocenters. The number of nitrogens with zero attached hydrogens (tertiary/aromatic N) is 7. The van der Waals surface area contributed by atoms with Crippen molar-refractivity contribution in [2.24, 2.45) is 0 Å². The van der Waals surface area contributed by atoms with Gasteiger partial charge in [0.2, 0.25) is 0 Å². The van der Waals surface area contributed by atoms with E-state index in [1.54, 1.807) is 37.3 Å². The monoisotopic (exact) mass is 1310 g/mol. The average molecular weight is 1310 g/mol. The van der Waals surface area contributed by atoms with Gasteiger partial charge in [-0.1, -0.05) is 72.1 Å². The highest BCUT2D eigenvalue weighted by atomic mass is 35.5. The summed E-state index contributed by atoms with van der Waals surface area (Å²) >= 11 is 6.11. The van der Waals surface area contributed by atoms with E-state index in [0.717, 1.165) is 40.1 Å². The first-order valence-electron chi connectivity index (χ1n) is 25.3. The van der Waals surface area contributed by atoms with Crippen molar-refractivity contribution in [1.29, 1.82) is 5.26 Å². The highest BCUT2D eigenvalue weighted by Crippen LogP contribution is 2.39. The number of rotatable bonds is 21. The highest BCUT2D eigenvalue weighted by Gasteiger charge is 2.22. The van der Waals surface area contributed by atoms with Crippen LogP contribution in [0.4, 0.5) is 56.9 Å². The Hall–Kier alpha value is -10.1. The second-order valence-corrected chi connectivity index (χ2v) is 23.6. The van der Waals surface area contributed by atoms with Crippen molar-refractivity contribution < 1.29 is 43.1 Å². The molecule has 7 rings (SSSR count). The normalized spacial score (nSPS) is 11.6. The molecule has 7 aromatic rings. The number of nitriles is 1. The number of ether oxygens (including phenoxy) is 1. The van der Waals surface area contributed by atoms with Gasteiger partial charge >= 0.3 is 33.8 Å². The lowest BCUT2D eigenvalue weighted by molar-refractivity contribution is -0.122. The van der Waals surface area contributed by atoms with E-state index in [4.69, 9.17) is 79.9 Å². The fourth-order valence-corrected chi connectivity index (χ4v) is 10.1. The third-order valence-electron chi connectivity index (χ3n) is 11.6. The van der Waals surface area contributed by atoms with E-state index in [1.807, 2.05) is 77.1 Å². The number of hydrazine groups is 3. The topological polar surface area (TPSA) is 274 Å². The maximum atomic E-state index is 12.9. The van der Waals surface area contributed by atoms with Crippen molar-refractivity contribution in [3.63, 3.8) is 0 Å². The molecule has 454 valence electrons. The predicted molar refractivity (Wildman–Crippen MR) is 344 cm³/mol. The first-order valence-corrected chi connectivity index (χ1v) is 31.1. The quantitative estimate of drug-likeness (QED) is 0.0260. The summed E-state index contributed by atoms with van der Waals surface area (Å²) in [5.41, 5.74) is 13.5. The zero-order chi connectivity index (χ0) is 65.5. The summed E-state index contributed by atoms with van der Waals surface area (Å²) in [5, 5.41) is 12.5. The van der Waals surface area contributed by atoms with Crippen molar-refractivity contribution in [3.8, 4) is 29.1 Å². The summed E-state index contributed by atoms with van der Waals surface area (Å²) in [6.45, 7) is 53.8. The molecule has 0 saturated heterocycles. The molecule has 7 aromatic carbocycles. The molecule has 24 nitrogen and oxygen atoms in total. The van der Waals surface area contributed by atoms with Crippen molar-refractivity contribution in [3.05, 3.63) is 227 Å². The lowest BCUT2D eigenvalue weighted by Gasteiger charge is -2.19. The molecule has 0 saturated carbocycles. The third kappa shape index (κ3) is 20.5. The molecule has 0 aliphatic carbocycles. The minimum absolute atomic E-state index is 0.00573. The number of carbonyl (C=O) groups is 1. The van der Waals surface area contributed by atoms with Crippen molar-refractivity contribution in [2.45, 2.75) is 59.0 Å². The molecule has 0 radical (unpaired) electrons. The molecule has 0 fully saturated rings. The van der Waals surface area contributed by atoms with Crippen LogP contribution in [-0.4, -0.2) is 39.3 Å². The second kappa shape index (κ2) is 33.1. The number of sulfone groups is 1. The van der Waals surface area contributed by atoms with E-state index >= 15 is 0 Å². The second-order valence-electron chi connectivity index (χ2n) is 18.2. The Labute approximate surface area is 532 Å². The summed E-state index contributed by atoms with van der Waals surface area (Å²) in [6.07, 6.45) is 0.643. The van der Waals surface area contributed by atoms with Crippen LogP contribution in [0.5, 0.6) is 23.0 Å². The average Bonchev–Trinajstić information content (AvgIpc) is 2.37. The van der Waals surface area contributed by atoms with Gasteiger partial charge in [0.05, 0.1) is 83.1 Å². The number of hydrogen-bond acceptors (Lipinski definition) is 14. The zero-order valence-corrected chi connectivity index (χ0v) is 52.6. The van der Waals surface area contributed by atoms with E-state index in [-0.39, 0.29) is 77.7 Å². The van der Waals surface area contributed by atoms with Crippen LogP contribution < -0.4 is 53.4 Å². The van der Waals surface area contributed by atoms with Gasteiger partial charge in [-0.2, -0.15) is 17.9 Å². The van der Waals surface area contributed by atoms with Crippen LogP contribution >= 0.6 is 23.2 Å². The Morgan fingerprint density at radius 2 is 1.07 bits per heavy atom. The van der Waals surface area contributed by atoms with E-state index in [9.17, 15) is 31.1 Å². The molecule has 0 bridgehead atoms. The molecule has 7 N–H and O–H groups in total. The van der Waals surface area contributed by atoms with Gasteiger partial charge in [0.15, 0.2) is 55.8 Å². The van der Waals surface area contributed by atoms with Gasteiger partial charge < -0.3 is 38.9 Å². The minimum atomic E-state index is -3.70. The molecule has 0 aliphatic heterocycles. The van der Waals surface area contributed by atoms with Crippen molar-refractivity contribution in [1.82, 2.24) is 14.5 Å². The lowest BCUT2D eigenvalue weighted by atomic mass is 10.1. The van der Waals surface area contributed by atoms with Gasteiger partial charge in [0, 0.05) is 18.0 Å². The number of carbonyl (C=O) groups excluding carboxylic acids is 1. The molecule has 0 aromatic heterocycles. The van der Waals surface area contributed by atoms with Crippen LogP contribution in [0.2, 0.25) is 10.0 Å². The van der Waals surface area contributed by atoms with E-state index in [1.165, 1.54) is 42.5 Å². The Kier molecular flexibility index (Phi) is 25.9. The maximum Gasteiger partial charge on any atom is 0.306 e. The fourth-order valence-electron chi connectivity index (χ4n) is 7.26. The molecule has 0 heterocycles. The van der Waals surface area contributed by atoms with Gasteiger partial charge in [-0.3, -0.25) is 33.9 Å². The third-order valence-corrected chi connectivity index (χ3v) is 15.2. The maximum absolute atomic E-state index is 12.9. The van der Waals surface area contributed by atoms with Crippen molar-refractivity contribution >= 4 is 130 Å². The number of hydrogen-bond donors (Lipinski definition) is 7. The lowest BCUT2D eigenvalue weighted by Crippen LogP contribution is -2.32. The van der Waals surface area contributed by atoms with Crippen LogP contribution in [-0.2, 0) is 48.4 Å². The molecular formula is C59H50Cl2N14O10S4. The number of amides is 1. The van der Waals surface area contributed by atoms with Crippen LogP contribution in [0.1, 0.15) is 46.7 Å². The molecule has 0 aliphatic rings. The Morgan fingerprint density at radius 1 is 0.562 bits per heavy atom. The Morgan fingerprint density at radius 3 is 1.64 bits per heavy atom.